The predicted octanol–water partition coefficient (Wildman–Crippen LogP) is 1.36. The molecule has 0 aliphatic carbocycles. The minimum absolute atomic E-state index is 0.165. The molecule has 0 unspecified atom stereocenters. The Morgan fingerprint density at radius 3 is 3.05 bits per heavy atom. The van der Waals surface area contributed by atoms with E-state index >= 15 is 0 Å². The van der Waals surface area contributed by atoms with E-state index in [4.69, 9.17) is 10.5 Å². The molecule has 2 aromatic rings. The Labute approximate surface area is 117 Å². The molecular formula is C14H18N4O2. The summed E-state index contributed by atoms with van der Waals surface area (Å²) in [4.78, 5) is 19.2. The topological polar surface area (TPSA) is 93.0 Å². The van der Waals surface area contributed by atoms with Crippen LogP contribution < -0.4 is 15.8 Å². The summed E-state index contributed by atoms with van der Waals surface area (Å²) in [5.41, 5.74) is 6.71. The third kappa shape index (κ3) is 3.50. The Morgan fingerprint density at radius 1 is 1.50 bits per heavy atom. The van der Waals surface area contributed by atoms with Gasteiger partial charge in [0.2, 0.25) is 0 Å². The molecule has 1 aromatic carbocycles. The van der Waals surface area contributed by atoms with Crippen LogP contribution in [0.25, 0.3) is 0 Å². The maximum absolute atomic E-state index is 12.0. The standard InChI is InChI=1S/C14H18N4O2/c1-20-12-9-10(15)4-5-11(12)14(19)18-6-2-3-13-16-7-8-17-13/h4-5,7-9H,2-3,6,15H2,1H3,(H,16,17)(H,18,19). The summed E-state index contributed by atoms with van der Waals surface area (Å²) in [5.74, 6) is 1.24. The molecule has 2 rings (SSSR count). The highest BCUT2D eigenvalue weighted by atomic mass is 16.5. The van der Waals surface area contributed by atoms with Crippen molar-refractivity contribution >= 4 is 11.6 Å². The van der Waals surface area contributed by atoms with Gasteiger partial charge >= 0.3 is 0 Å². The number of amides is 1. The van der Waals surface area contributed by atoms with Crippen LogP contribution in [-0.2, 0) is 6.42 Å². The molecule has 1 heterocycles. The van der Waals surface area contributed by atoms with Crippen LogP contribution in [0.2, 0.25) is 0 Å². The first-order valence-corrected chi connectivity index (χ1v) is 6.40. The summed E-state index contributed by atoms with van der Waals surface area (Å²) in [6.45, 7) is 0.576. The number of hydrogen-bond donors (Lipinski definition) is 3. The van der Waals surface area contributed by atoms with Gasteiger partial charge in [0.1, 0.15) is 11.6 Å². The lowest BCUT2D eigenvalue weighted by Gasteiger charge is -2.09. The first-order chi connectivity index (χ1) is 9.70. The van der Waals surface area contributed by atoms with Crippen molar-refractivity contribution in [2.45, 2.75) is 12.8 Å². The number of aryl methyl sites for hydroxylation is 1. The summed E-state index contributed by atoms with van der Waals surface area (Å²) in [6.07, 6.45) is 5.11. The smallest absolute Gasteiger partial charge is 0.255 e. The number of imidazole rings is 1. The Balaban J connectivity index is 1.85. The van der Waals surface area contributed by atoms with Crippen LogP contribution in [0.5, 0.6) is 5.75 Å². The van der Waals surface area contributed by atoms with Gasteiger partial charge in [0.15, 0.2) is 0 Å². The number of methoxy groups -OCH3 is 1. The molecule has 0 spiro atoms. The molecule has 1 aromatic heterocycles. The monoisotopic (exact) mass is 274 g/mol. The average Bonchev–Trinajstić information content (AvgIpc) is 2.96. The van der Waals surface area contributed by atoms with Crippen molar-refractivity contribution in [1.29, 1.82) is 0 Å². The predicted molar refractivity (Wildman–Crippen MR) is 76.6 cm³/mol. The molecule has 1 amide bonds. The number of nitrogens with two attached hydrogens (primary N) is 1. The molecule has 0 bridgehead atoms. The van der Waals surface area contributed by atoms with Gasteiger partial charge < -0.3 is 20.8 Å². The van der Waals surface area contributed by atoms with Crippen molar-refractivity contribution in [2.75, 3.05) is 19.4 Å². The number of rotatable bonds is 6. The molecule has 0 saturated heterocycles. The zero-order chi connectivity index (χ0) is 14.4. The lowest BCUT2D eigenvalue weighted by molar-refractivity contribution is 0.0950. The molecule has 6 nitrogen and oxygen atoms in total. The number of ether oxygens (including phenoxy) is 1. The van der Waals surface area contributed by atoms with Crippen LogP contribution in [0.1, 0.15) is 22.6 Å². The number of nitrogen functional groups attached to an aromatic ring is 1. The van der Waals surface area contributed by atoms with Crippen molar-refractivity contribution in [3.8, 4) is 5.75 Å². The Hall–Kier alpha value is -2.50. The van der Waals surface area contributed by atoms with E-state index < -0.39 is 0 Å². The van der Waals surface area contributed by atoms with Crippen LogP contribution in [-0.4, -0.2) is 29.5 Å². The quantitative estimate of drug-likeness (QED) is 0.548. The van der Waals surface area contributed by atoms with Crippen molar-refractivity contribution in [3.05, 3.63) is 42.0 Å². The zero-order valence-electron chi connectivity index (χ0n) is 11.3. The number of nitrogens with zero attached hydrogens (tertiary/aromatic N) is 1. The molecule has 20 heavy (non-hydrogen) atoms. The number of nitrogens with one attached hydrogen (secondary N) is 2. The number of benzene rings is 1. The highest BCUT2D eigenvalue weighted by Crippen LogP contribution is 2.21. The zero-order valence-corrected chi connectivity index (χ0v) is 11.3. The SMILES string of the molecule is COc1cc(N)ccc1C(=O)NCCCc1ncc[nH]1. The molecular weight excluding hydrogens is 256 g/mol. The third-order valence-electron chi connectivity index (χ3n) is 2.90. The molecule has 0 saturated carbocycles. The van der Waals surface area contributed by atoms with E-state index in [-0.39, 0.29) is 5.91 Å². The number of anilines is 1. The summed E-state index contributed by atoms with van der Waals surface area (Å²) in [7, 11) is 1.52. The highest BCUT2D eigenvalue weighted by molar-refractivity contribution is 5.97. The van der Waals surface area contributed by atoms with Crippen LogP contribution in [0.15, 0.2) is 30.6 Å². The van der Waals surface area contributed by atoms with Crippen molar-refractivity contribution in [1.82, 2.24) is 15.3 Å². The number of carbonyl (C=O) groups excluding carboxylic acids is 1. The lowest BCUT2D eigenvalue weighted by Crippen LogP contribution is -2.25. The molecule has 0 fully saturated rings. The molecule has 6 heteroatoms. The molecule has 4 N–H and O–H groups in total. The fourth-order valence-electron chi connectivity index (χ4n) is 1.88. The summed E-state index contributed by atoms with van der Waals surface area (Å²) in [5, 5.41) is 2.85. The van der Waals surface area contributed by atoms with E-state index in [9.17, 15) is 4.79 Å². The average molecular weight is 274 g/mol. The van der Waals surface area contributed by atoms with Gasteiger partial charge in [0, 0.05) is 37.1 Å². The van der Waals surface area contributed by atoms with Crippen LogP contribution in [0.3, 0.4) is 0 Å². The minimum Gasteiger partial charge on any atom is -0.496 e. The summed E-state index contributed by atoms with van der Waals surface area (Å²) in [6, 6.07) is 4.98. The minimum atomic E-state index is -0.165. The van der Waals surface area contributed by atoms with E-state index in [0.717, 1.165) is 18.7 Å². The van der Waals surface area contributed by atoms with Crippen molar-refractivity contribution in [2.24, 2.45) is 0 Å². The second-order valence-electron chi connectivity index (χ2n) is 4.36. The van der Waals surface area contributed by atoms with Crippen LogP contribution >= 0.6 is 0 Å². The van der Waals surface area contributed by atoms with E-state index in [1.165, 1.54) is 7.11 Å². The Morgan fingerprint density at radius 2 is 2.35 bits per heavy atom. The van der Waals surface area contributed by atoms with Crippen LogP contribution in [0.4, 0.5) is 5.69 Å². The van der Waals surface area contributed by atoms with Crippen molar-refractivity contribution < 1.29 is 9.53 Å². The van der Waals surface area contributed by atoms with Gasteiger partial charge in [0.25, 0.3) is 5.91 Å². The summed E-state index contributed by atoms with van der Waals surface area (Å²) >= 11 is 0. The number of aromatic amines is 1. The largest absolute Gasteiger partial charge is 0.496 e. The maximum atomic E-state index is 12.0. The molecule has 106 valence electrons. The molecule has 0 atom stereocenters. The van der Waals surface area contributed by atoms with Gasteiger partial charge in [-0.15, -0.1) is 0 Å². The Kier molecular flexibility index (Phi) is 4.60. The first kappa shape index (κ1) is 13.9. The van der Waals surface area contributed by atoms with E-state index in [0.29, 0.717) is 23.5 Å². The molecule has 0 radical (unpaired) electrons. The van der Waals surface area contributed by atoms with Crippen LogP contribution in [0, 0.1) is 0 Å². The van der Waals surface area contributed by atoms with E-state index in [1.54, 1.807) is 30.6 Å². The van der Waals surface area contributed by atoms with Gasteiger partial charge in [-0.1, -0.05) is 0 Å². The van der Waals surface area contributed by atoms with E-state index in [2.05, 4.69) is 15.3 Å². The molecule has 0 aliphatic heterocycles. The highest BCUT2D eigenvalue weighted by Gasteiger charge is 2.11. The van der Waals surface area contributed by atoms with E-state index in [1.807, 2.05) is 0 Å². The number of H-pyrrole nitrogens is 1. The fraction of sp³-hybridized carbons (Fsp3) is 0.286. The summed E-state index contributed by atoms with van der Waals surface area (Å²) < 4.78 is 5.16. The maximum Gasteiger partial charge on any atom is 0.255 e. The number of aromatic nitrogens is 2. The second kappa shape index (κ2) is 6.60. The fourth-order valence-corrected chi connectivity index (χ4v) is 1.88. The van der Waals surface area contributed by atoms with Gasteiger partial charge in [0.05, 0.1) is 12.7 Å². The van der Waals surface area contributed by atoms with Gasteiger partial charge in [-0.2, -0.15) is 0 Å². The third-order valence-corrected chi connectivity index (χ3v) is 2.90. The lowest BCUT2D eigenvalue weighted by atomic mass is 10.1. The van der Waals surface area contributed by atoms with Gasteiger partial charge in [-0.25, -0.2) is 4.98 Å². The second-order valence-corrected chi connectivity index (χ2v) is 4.36. The normalized spacial score (nSPS) is 10.2. The molecule has 0 aliphatic rings. The first-order valence-electron chi connectivity index (χ1n) is 6.40. The number of hydrogen-bond acceptors (Lipinski definition) is 4. The van der Waals surface area contributed by atoms with Gasteiger partial charge in [-0.3, -0.25) is 4.79 Å². The Bertz CT molecular complexity index is 567. The van der Waals surface area contributed by atoms with Crippen molar-refractivity contribution in [3.63, 3.8) is 0 Å². The van der Waals surface area contributed by atoms with Gasteiger partial charge in [-0.05, 0) is 18.6 Å². The number of carbonyl (C=O) groups is 1.